The van der Waals surface area contributed by atoms with E-state index in [9.17, 15) is 0 Å². The number of hydrogen-bond acceptors (Lipinski definition) is 4. The maximum atomic E-state index is 6.97. The number of ether oxygens (including phenoxy) is 1. The van der Waals surface area contributed by atoms with E-state index in [1.165, 1.54) is 94.8 Å². The number of aromatic nitrogens is 2. The molecule has 0 saturated heterocycles. The molecule has 6 aliphatic carbocycles. The molecule has 0 N–H and O–H groups in total. The number of hydrogen-bond donors (Lipinski definition) is 0. The minimum absolute atomic E-state index is 0.00318. The van der Waals surface area contributed by atoms with Gasteiger partial charge in [0.15, 0.2) is 0 Å². The number of aryl methyl sites for hydroxylation is 1. The second kappa shape index (κ2) is 18.2. The van der Waals surface area contributed by atoms with Gasteiger partial charge < -0.3 is 14.5 Å². The fourth-order valence-corrected chi connectivity index (χ4v) is 14.6. The molecule has 3 heterocycles. The smallest absolute Gasteiger partial charge is 0.137 e. The Morgan fingerprint density at radius 2 is 0.976 bits per heavy atom. The van der Waals surface area contributed by atoms with Crippen LogP contribution in [0.1, 0.15) is 153 Å². The van der Waals surface area contributed by atoms with Gasteiger partial charge in [0, 0.05) is 69.7 Å². The third kappa shape index (κ3) is 7.83. The lowest BCUT2D eigenvalue weighted by atomic mass is 9.52. The summed E-state index contributed by atoms with van der Waals surface area (Å²) in [6.45, 7) is 23.9. The molecule has 2 unspecified atom stereocenters. The van der Waals surface area contributed by atoms with Crippen LogP contribution < -0.4 is 14.5 Å². The zero-order valence-electron chi connectivity index (χ0n) is 48.8. The maximum Gasteiger partial charge on any atom is 0.137 e. The van der Waals surface area contributed by atoms with E-state index in [4.69, 9.17) is 9.72 Å². The SMILES string of the molecule is Cc1cc(-n2c3ccccc3c3ccc(Oc4cccc(N5CN(c6cc(C(C)(C)C)cc7c6C6c8cc(C(C)(C)C)ccc8C7C7c8ccccc8C6c6ccccc67)c6ccccc65)c4)cc32)ncc1-c1ccc(C(C)(C)C)cc1. The predicted octanol–water partition coefficient (Wildman–Crippen LogP) is 20.0. The van der Waals surface area contributed by atoms with Crippen LogP contribution in [0.2, 0.25) is 0 Å². The fraction of sp³-hybridized carbons (Fsp3) is 0.234. The van der Waals surface area contributed by atoms with Crippen molar-refractivity contribution >= 4 is 44.6 Å². The van der Waals surface area contributed by atoms with E-state index in [-0.39, 0.29) is 39.9 Å². The van der Waals surface area contributed by atoms with Crippen molar-refractivity contribution in [2.24, 2.45) is 0 Å². The van der Waals surface area contributed by atoms with E-state index in [0.29, 0.717) is 6.67 Å². The van der Waals surface area contributed by atoms with E-state index < -0.39 is 0 Å². The van der Waals surface area contributed by atoms with E-state index >= 15 is 0 Å². The molecule has 0 spiro atoms. The van der Waals surface area contributed by atoms with Crippen molar-refractivity contribution in [3.8, 4) is 28.4 Å². The summed E-state index contributed by atoms with van der Waals surface area (Å²) in [6.07, 6.45) is 2.03. The lowest BCUT2D eigenvalue weighted by Gasteiger charge is -2.51. The molecule has 2 atom stereocenters. The quantitative estimate of drug-likeness (QED) is 0.166. The molecule has 0 amide bonds. The van der Waals surface area contributed by atoms with Gasteiger partial charge in [0.1, 0.15) is 24.0 Å². The third-order valence-corrected chi connectivity index (χ3v) is 18.8. The lowest BCUT2D eigenvalue weighted by Crippen LogP contribution is -2.37. The third-order valence-electron chi connectivity index (χ3n) is 18.8. The molecule has 0 radical (unpaired) electrons. The van der Waals surface area contributed by atoms with E-state index in [2.05, 4.69) is 284 Å². The van der Waals surface area contributed by atoms with Crippen LogP contribution in [0.15, 0.2) is 206 Å². The first-order valence-electron chi connectivity index (χ1n) is 29.5. The van der Waals surface area contributed by atoms with Crippen molar-refractivity contribution in [1.82, 2.24) is 9.55 Å². The zero-order valence-corrected chi connectivity index (χ0v) is 48.8. The van der Waals surface area contributed by atoms with Gasteiger partial charge in [-0.25, -0.2) is 4.98 Å². The van der Waals surface area contributed by atoms with E-state index in [0.717, 1.165) is 45.0 Å². The highest BCUT2D eigenvalue weighted by atomic mass is 16.5. The lowest BCUT2D eigenvalue weighted by molar-refractivity contribution is 0.483. The first-order valence-corrected chi connectivity index (χ1v) is 29.5. The number of para-hydroxylation sites is 3. The summed E-state index contributed by atoms with van der Waals surface area (Å²) in [5.41, 5.74) is 26.3. The number of anilines is 4. The molecule has 2 aromatic heterocycles. The van der Waals surface area contributed by atoms with Crippen molar-refractivity contribution in [2.45, 2.75) is 109 Å². The Bertz CT molecular complexity index is 4360. The molecule has 7 aliphatic rings. The molecule has 0 saturated carbocycles. The average molecular weight is 1070 g/mol. The summed E-state index contributed by atoms with van der Waals surface area (Å²) in [7, 11) is 0. The first-order chi connectivity index (χ1) is 39.5. The zero-order chi connectivity index (χ0) is 56.1. The molecule has 404 valence electrons. The minimum Gasteiger partial charge on any atom is -0.457 e. The summed E-state index contributed by atoms with van der Waals surface area (Å²) >= 11 is 0. The predicted molar refractivity (Wildman–Crippen MR) is 340 cm³/mol. The Morgan fingerprint density at radius 3 is 1.65 bits per heavy atom. The second-order valence-electron chi connectivity index (χ2n) is 26.8. The van der Waals surface area contributed by atoms with Crippen molar-refractivity contribution in [3.05, 3.63) is 273 Å². The van der Waals surface area contributed by atoms with Crippen LogP contribution in [-0.2, 0) is 16.2 Å². The van der Waals surface area contributed by atoms with Crippen LogP contribution in [0.4, 0.5) is 22.7 Å². The average Bonchev–Trinajstić information content (AvgIpc) is 0.878. The van der Waals surface area contributed by atoms with Gasteiger partial charge in [0.25, 0.3) is 0 Å². The van der Waals surface area contributed by atoms with Gasteiger partial charge in [-0.3, -0.25) is 4.57 Å². The molecule has 4 bridgehead atoms. The number of pyridine rings is 1. The molecule has 18 rings (SSSR count). The highest BCUT2D eigenvalue weighted by molar-refractivity contribution is 6.09. The van der Waals surface area contributed by atoms with Crippen molar-refractivity contribution in [3.63, 3.8) is 0 Å². The highest BCUT2D eigenvalue weighted by Crippen LogP contribution is 2.66. The molecular weight excluding hydrogens is 997 g/mol. The fourth-order valence-electron chi connectivity index (χ4n) is 14.6. The van der Waals surface area contributed by atoms with Gasteiger partial charge >= 0.3 is 0 Å². The first kappa shape index (κ1) is 50.3. The monoisotopic (exact) mass is 1070 g/mol. The van der Waals surface area contributed by atoms with Gasteiger partial charge in [0.2, 0.25) is 0 Å². The molecule has 0 fully saturated rings. The van der Waals surface area contributed by atoms with Crippen molar-refractivity contribution in [2.75, 3.05) is 16.5 Å². The molecule has 82 heavy (non-hydrogen) atoms. The number of benzene rings is 9. The Morgan fingerprint density at radius 1 is 0.415 bits per heavy atom. The normalized spacial score (nSPS) is 17.8. The van der Waals surface area contributed by atoms with Crippen molar-refractivity contribution < 1.29 is 4.74 Å². The Balaban J connectivity index is 0.825. The van der Waals surface area contributed by atoms with Gasteiger partial charge in [-0.1, -0.05) is 196 Å². The van der Waals surface area contributed by atoms with Crippen LogP contribution >= 0.6 is 0 Å². The summed E-state index contributed by atoms with van der Waals surface area (Å²) in [6, 6.07) is 75.7. The van der Waals surface area contributed by atoms with Crippen LogP contribution in [0.3, 0.4) is 0 Å². The Kier molecular flexibility index (Phi) is 11.1. The van der Waals surface area contributed by atoms with Crippen LogP contribution in [0.5, 0.6) is 11.5 Å². The van der Waals surface area contributed by atoms with Gasteiger partial charge in [-0.15, -0.1) is 0 Å². The van der Waals surface area contributed by atoms with Crippen LogP contribution in [-0.4, -0.2) is 16.2 Å². The highest BCUT2D eigenvalue weighted by Gasteiger charge is 2.52. The molecule has 11 aromatic rings. The Hall–Kier alpha value is -8.67. The summed E-state index contributed by atoms with van der Waals surface area (Å²) in [5.74, 6) is 2.96. The minimum atomic E-state index is -0.0967. The Labute approximate surface area is 483 Å². The van der Waals surface area contributed by atoms with Crippen LogP contribution in [0, 0.1) is 6.92 Å². The topological polar surface area (TPSA) is 33.5 Å². The molecule has 9 aromatic carbocycles. The van der Waals surface area contributed by atoms with E-state index in [1.807, 2.05) is 6.20 Å². The number of nitrogens with zero attached hydrogens (tertiary/aromatic N) is 4. The van der Waals surface area contributed by atoms with Gasteiger partial charge in [-0.2, -0.15) is 0 Å². The standard InChI is InChI=1S/C77H70N4O/c1-46-38-69(78-44-63(46)47-30-32-48(33-31-47)75(2,3)4)81-64-27-16-15-22-54(64)55-37-35-53(43-67(55)81)82-52-21-19-20-51(42-52)79-45-80(66-29-18-17-28-65(66)79)68-41-50(77(8,9)10)40-62-72-60-36-34-49(76(5,6)7)39-61(60)74(73(62)68)71-58-25-13-11-23-56(58)70(72)57-24-12-14-26-59(57)71/h11-44,70-72,74H,45H2,1-10H3. The largest absolute Gasteiger partial charge is 0.457 e. The molecule has 1 aliphatic heterocycles. The summed E-state index contributed by atoms with van der Waals surface area (Å²) < 4.78 is 9.26. The molecule has 5 heteroatoms. The van der Waals surface area contributed by atoms with E-state index in [1.54, 1.807) is 0 Å². The molecular formula is C77H70N4O. The van der Waals surface area contributed by atoms with Crippen LogP contribution in [0.25, 0.3) is 38.8 Å². The molecule has 5 nitrogen and oxygen atoms in total. The summed E-state index contributed by atoms with van der Waals surface area (Å²) in [4.78, 5) is 10.3. The van der Waals surface area contributed by atoms with Crippen molar-refractivity contribution in [1.29, 1.82) is 0 Å². The maximum absolute atomic E-state index is 6.97. The second-order valence-corrected chi connectivity index (χ2v) is 26.8. The number of rotatable bonds is 6. The van der Waals surface area contributed by atoms with Gasteiger partial charge in [-0.05, 0) is 150 Å². The summed E-state index contributed by atoms with van der Waals surface area (Å²) in [5, 5.41) is 2.34. The number of fused-ring (bicyclic) bond motifs is 4. The van der Waals surface area contributed by atoms with Gasteiger partial charge in [0.05, 0.1) is 22.4 Å².